The molecule has 1 heterocycles. The minimum atomic E-state index is -0.288. The fraction of sp³-hybridized carbons (Fsp3) is 0.435. The third-order valence-electron chi connectivity index (χ3n) is 5.19. The fourth-order valence-corrected chi connectivity index (χ4v) is 4.58. The minimum Gasteiger partial charge on any atom is -0.325 e. The van der Waals surface area contributed by atoms with Crippen LogP contribution in [0.3, 0.4) is 0 Å². The molecule has 0 spiro atoms. The highest BCUT2D eigenvalue weighted by molar-refractivity contribution is 8.00. The Labute approximate surface area is 171 Å². The van der Waals surface area contributed by atoms with Gasteiger partial charge >= 0.3 is 0 Å². The summed E-state index contributed by atoms with van der Waals surface area (Å²) in [7, 11) is 0. The van der Waals surface area contributed by atoms with Gasteiger partial charge in [0.05, 0.1) is 10.8 Å². The molecular weight excluding hydrogens is 366 g/mol. The molecule has 1 aliphatic rings. The number of carbonyl (C=O) groups excluding carboxylic acids is 1. The smallest absolute Gasteiger partial charge is 0.237 e. The van der Waals surface area contributed by atoms with Crippen LogP contribution in [0.1, 0.15) is 60.6 Å². The van der Waals surface area contributed by atoms with Crippen LogP contribution in [-0.4, -0.2) is 16.1 Å². The zero-order chi connectivity index (χ0) is 20.1. The lowest BCUT2D eigenvalue weighted by Gasteiger charge is -2.17. The highest BCUT2D eigenvalue weighted by Gasteiger charge is 2.23. The molecule has 1 N–H and O–H groups in total. The van der Waals surface area contributed by atoms with E-state index in [1.165, 1.54) is 29.3 Å². The number of carbonyl (C=O) groups is 1. The van der Waals surface area contributed by atoms with Crippen molar-refractivity contribution in [1.82, 2.24) is 4.98 Å². The second kappa shape index (κ2) is 9.25. The molecule has 4 nitrogen and oxygen atoms in total. The van der Waals surface area contributed by atoms with Crippen molar-refractivity contribution in [3.8, 4) is 6.07 Å². The zero-order valence-electron chi connectivity index (χ0n) is 16.8. The number of anilines is 1. The van der Waals surface area contributed by atoms with Gasteiger partial charge < -0.3 is 5.32 Å². The summed E-state index contributed by atoms with van der Waals surface area (Å²) in [6, 6.07) is 10.3. The molecule has 1 aromatic carbocycles. The molecule has 2 aromatic rings. The van der Waals surface area contributed by atoms with E-state index in [1.54, 1.807) is 0 Å². The second-order valence-corrected chi connectivity index (χ2v) is 8.63. The molecule has 0 radical (unpaired) electrons. The van der Waals surface area contributed by atoms with Crippen LogP contribution in [-0.2, 0) is 17.6 Å². The first kappa shape index (κ1) is 20.4. The average Bonchev–Trinajstić information content (AvgIpc) is 2.92. The van der Waals surface area contributed by atoms with E-state index in [9.17, 15) is 10.1 Å². The summed E-state index contributed by atoms with van der Waals surface area (Å²) in [6.07, 6.45) is 6.12. The lowest BCUT2D eigenvalue weighted by atomic mass is 10.1. The topological polar surface area (TPSA) is 65.8 Å². The number of nitrogens with one attached hydrogen (secondary N) is 1. The Kier molecular flexibility index (Phi) is 6.74. The van der Waals surface area contributed by atoms with Crippen molar-refractivity contribution in [2.75, 3.05) is 5.32 Å². The van der Waals surface area contributed by atoms with Crippen molar-refractivity contribution < 1.29 is 4.79 Å². The summed E-state index contributed by atoms with van der Waals surface area (Å²) >= 11 is 1.41. The maximum Gasteiger partial charge on any atom is 0.237 e. The number of aromatic nitrogens is 1. The number of amides is 1. The monoisotopic (exact) mass is 393 g/mol. The Morgan fingerprint density at radius 1 is 1.25 bits per heavy atom. The van der Waals surface area contributed by atoms with E-state index < -0.39 is 0 Å². The Morgan fingerprint density at radius 3 is 2.75 bits per heavy atom. The summed E-state index contributed by atoms with van der Waals surface area (Å²) in [5.41, 5.74) is 5.95. The number of hydrogen-bond acceptors (Lipinski definition) is 4. The van der Waals surface area contributed by atoms with E-state index in [0.29, 0.717) is 17.0 Å². The summed E-state index contributed by atoms with van der Waals surface area (Å²) in [5, 5.41) is 13.1. The van der Waals surface area contributed by atoms with Gasteiger partial charge in [0, 0.05) is 11.4 Å². The average molecular weight is 394 g/mol. The number of rotatable bonds is 5. The number of thioether (sulfide) groups is 1. The van der Waals surface area contributed by atoms with Crippen molar-refractivity contribution in [3.05, 3.63) is 52.2 Å². The number of fused-ring (bicyclic) bond motifs is 1. The molecule has 0 fully saturated rings. The lowest BCUT2D eigenvalue weighted by Crippen LogP contribution is -2.25. The molecule has 3 rings (SSSR count). The van der Waals surface area contributed by atoms with Gasteiger partial charge in [0.25, 0.3) is 0 Å². The molecule has 28 heavy (non-hydrogen) atoms. The van der Waals surface area contributed by atoms with Crippen LogP contribution in [0.2, 0.25) is 0 Å². The van der Waals surface area contributed by atoms with Crippen LogP contribution in [0.25, 0.3) is 0 Å². The van der Waals surface area contributed by atoms with E-state index in [0.717, 1.165) is 42.6 Å². The quantitative estimate of drug-likeness (QED) is 0.549. The van der Waals surface area contributed by atoms with Crippen molar-refractivity contribution in [3.63, 3.8) is 0 Å². The Bertz CT molecular complexity index is 917. The predicted octanol–water partition coefficient (Wildman–Crippen LogP) is 5.35. The SMILES string of the molecule is CCC(Sc1nc2c(cc1C#N)CCCCC2)C(=O)Nc1ccc(C)cc1C. The second-order valence-electron chi connectivity index (χ2n) is 7.44. The molecule has 1 aliphatic carbocycles. The molecule has 1 amide bonds. The van der Waals surface area contributed by atoms with Crippen LogP contribution in [0.5, 0.6) is 0 Å². The van der Waals surface area contributed by atoms with E-state index in [1.807, 2.05) is 39.0 Å². The van der Waals surface area contributed by atoms with Gasteiger partial charge in [0.1, 0.15) is 11.1 Å². The van der Waals surface area contributed by atoms with Gasteiger partial charge in [0.15, 0.2) is 0 Å². The fourth-order valence-electron chi connectivity index (χ4n) is 3.59. The Morgan fingerprint density at radius 2 is 2.04 bits per heavy atom. The normalized spacial score (nSPS) is 14.5. The van der Waals surface area contributed by atoms with Crippen LogP contribution in [0.15, 0.2) is 29.3 Å². The maximum absolute atomic E-state index is 12.9. The van der Waals surface area contributed by atoms with Crippen LogP contribution >= 0.6 is 11.8 Å². The Hall–Kier alpha value is -2.32. The Balaban J connectivity index is 1.81. The highest BCUT2D eigenvalue weighted by Crippen LogP contribution is 2.31. The zero-order valence-corrected chi connectivity index (χ0v) is 17.7. The molecule has 0 aliphatic heterocycles. The molecule has 0 saturated heterocycles. The van der Waals surface area contributed by atoms with Crippen molar-refractivity contribution in [1.29, 1.82) is 5.26 Å². The first-order chi connectivity index (χ1) is 13.5. The van der Waals surface area contributed by atoms with Gasteiger partial charge in [-0.25, -0.2) is 4.98 Å². The highest BCUT2D eigenvalue weighted by atomic mass is 32.2. The molecule has 0 saturated carbocycles. The predicted molar refractivity (Wildman–Crippen MR) is 115 cm³/mol. The molecule has 1 atom stereocenters. The number of nitriles is 1. The van der Waals surface area contributed by atoms with Crippen molar-refractivity contribution in [2.24, 2.45) is 0 Å². The maximum atomic E-state index is 12.9. The van der Waals surface area contributed by atoms with Crippen LogP contribution < -0.4 is 5.32 Å². The summed E-state index contributed by atoms with van der Waals surface area (Å²) in [4.78, 5) is 17.7. The van der Waals surface area contributed by atoms with Gasteiger partial charge in [-0.3, -0.25) is 4.79 Å². The molecule has 1 unspecified atom stereocenters. The first-order valence-electron chi connectivity index (χ1n) is 9.99. The largest absolute Gasteiger partial charge is 0.325 e. The summed E-state index contributed by atoms with van der Waals surface area (Å²) in [6.45, 7) is 6.03. The molecular formula is C23H27N3OS. The summed E-state index contributed by atoms with van der Waals surface area (Å²) in [5.74, 6) is -0.0416. The molecule has 146 valence electrons. The molecule has 5 heteroatoms. The molecule has 1 aromatic heterocycles. The van der Waals surface area contributed by atoms with Crippen molar-refractivity contribution >= 4 is 23.4 Å². The van der Waals surface area contributed by atoms with Crippen molar-refractivity contribution in [2.45, 2.75) is 69.6 Å². The number of pyridine rings is 1. The van der Waals surface area contributed by atoms with E-state index in [2.05, 4.69) is 17.5 Å². The third-order valence-corrected chi connectivity index (χ3v) is 6.56. The number of aryl methyl sites for hydroxylation is 4. The lowest BCUT2D eigenvalue weighted by molar-refractivity contribution is -0.115. The van der Waals surface area contributed by atoms with Gasteiger partial charge in [-0.1, -0.05) is 42.8 Å². The summed E-state index contributed by atoms with van der Waals surface area (Å²) < 4.78 is 0. The van der Waals surface area contributed by atoms with E-state index >= 15 is 0 Å². The van der Waals surface area contributed by atoms with Gasteiger partial charge in [-0.2, -0.15) is 5.26 Å². The number of benzene rings is 1. The number of hydrogen-bond donors (Lipinski definition) is 1. The minimum absolute atomic E-state index is 0.0416. The van der Waals surface area contributed by atoms with Gasteiger partial charge in [-0.05, 0) is 69.2 Å². The standard InChI is InChI=1S/C23H27N3OS/c1-4-21(22(27)25-19-11-10-15(2)12-16(19)3)28-23-18(14-24)13-17-8-6-5-7-9-20(17)26-23/h10-13,21H,4-9H2,1-3H3,(H,25,27). The first-order valence-corrected chi connectivity index (χ1v) is 10.9. The van der Waals surface area contributed by atoms with Gasteiger partial charge in [0.2, 0.25) is 5.91 Å². The molecule has 0 bridgehead atoms. The van der Waals surface area contributed by atoms with Gasteiger partial charge in [-0.15, -0.1) is 0 Å². The van der Waals surface area contributed by atoms with E-state index in [4.69, 9.17) is 4.98 Å². The third kappa shape index (κ3) is 4.74. The van der Waals surface area contributed by atoms with E-state index in [-0.39, 0.29) is 11.2 Å². The van der Waals surface area contributed by atoms with Crippen LogP contribution in [0, 0.1) is 25.2 Å². The van der Waals surface area contributed by atoms with Crippen LogP contribution in [0.4, 0.5) is 5.69 Å². The number of nitrogens with zero attached hydrogens (tertiary/aromatic N) is 2.